The fraction of sp³-hybridized carbons (Fsp3) is 0.350. The number of ketones is 1. The van der Waals surface area contributed by atoms with Crippen LogP contribution >= 0.6 is 0 Å². The highest BCUT2D eigenvalue weighted by atomic mass is 16.6. The van der Waals surface area contributed by atoms with E-state index < -0.39 is 4.92 Å². The highest BCUT2D eigenvalue weighted by Gasteiger charge is 2.24. The minimum atomic E-state index is -0.452. The number of likely N-dealkylation sites (N-methyl/N-ethyl adjacent to an activating group) is 1. The topological polar surface area (TPSA) is 66.7 Å². The van der Waals surface area contributed by atoms with Gasteiger partial charge in [0.25, 0.3) is 5.69 Å². The molecule has 6 nitrogen and oxygen atoms in total. The summed E-state index contributed by atoms with van der Waals surface area (Å²) in [6.45, 7) is 7.25. The molecule has 1 fully saturated rings. The van der Waals surface area contributed by atoms with Crippen LogP contribution in [-0.4, -0.2) is 48.8 Å². The number of benzene rings is 2. The van der Waals surface area contributed by atoms with Gasteiger partial charge < -0.3 is 9.80 Å². The van der Waals surface area contributed by atoms with Crippen LogP contribution in [0.3, 0.4) is 0 Å². The molecule has 0 saturated carbocycles. The summed E-state index contributed by atoms with van der Waals surface area (Å²) in [5, 5.41) is 11.2. The maximum Gasteiger partial charge on any atom is 0.270 e. The maximum absolute atomic E-state index is 13.2. The highest BCUT2D eigenvalue weighted by molar-refractivity contribution is 6.13. The molecule has 1 saturated heterocycles. The van der Waals surface area contributed by atoms with Gasteiger partial charge in [-0.2, -0.15) is 0 Å². The zero-order valence-electron chi connectivity index (χ0n) is 15.4. The molecular weight excluding hydrogens is 330 g/mol. The summed E-state index contributed by atoms with van der Waals surface area (Å²) in [7, 11) is 2.06. The maximum atomic E-state index is 13.2. The fourth-order valence-corrected chi connectivity index (χ4v) is 3.36. The molecule has 136 valence electrons. The Balaban J connectivity index is 2.06. The van der Waals surface area contributed by atoms with Gasteiger partial charge in [0.05, 0.1) is 10.5 Å². The molecule has 1 aliphatic heterocycles. The lowest BCUT2D eigenvalue weighted by molar-refractivity contribution is -0.384. The zero-order chi connectivity index (χ0) is 18.8. The predicted molar refractivity (Wildman–Crippen MR) is 102 cm³/mol. The van der Waals surface area contributed by atoms with E-state index in [0.717, 1.165) is 43.0 Å². The summed E-state index contributed by atoms with van der Waals surface area (Å²) >= 11 is 0. The second-order valence-electron chi connectivity index (χ2n) is 6.90. The summed E-state index contributed by atoms with van der Waals surface area (Å²) in [6.07, 6.45) is 0. The van der Waals surface area contributed by atoms with E-state index in [1.54, 1.807) is 12.1 Å². The number of nitrogens with zero attached hydrogens (tertiary/aromatic N) is 3. The van der Waals surface area contributed by atoms with Crippen LogP contribution in [0, 0.1) is 24.0 Å². The van der Waals surface area contributed by atoms with Crippen molar-refractivity contribution in [2.45, 2.75) is 13.8 Å². The third-order valence-corrected chi connectivity index (χ3v) is 4.91. The molecule has 0 N–H and O–H groups in total. The number of anilines is 1. The van der Waals surface area contributed by atoms with Gasteiger partial charge in [0, 0.05) is 49.6 Å². The number of rotatable bonds is 4. The minimum absolute atomic E-state index is 0.0593. The summed E-state index contributed by atoms with van der Waals surface area (Å²) in [5.74, 6) is -0.167. The molecule has 1 heterocycles. The molecule has 0 aromatic heterocycles. The van der Waals surface area contributed by atoms with E-state index in [0.29, 0.717) is 11.1 Å². The number of hydrogen-bond acceptors (Lipinski definition) is 5. The van der Waals surface area contributed by atoms with Crippen molar-refractivity contribution < 1.29 is 9.72 Å². The van der Waals surface area contributed by atoms with E-state index in [4.69, 9.17) is 0 Å². The molecule has 0 aliphatic carbocycles. The lowest BCUT2D eigenvalue weighted by Gasteiger charge is -2.35. The van der Waals surface area contributed by atoms with Crippen molar-refractivity contribution in [2.75, 3.05) is 38.1 Å². The first-order valence-corrected chi connectivity index (χ1v) is 8.70. The van der Waals surface area contributed by atoms with Crippen molar-refractivity contribution in [1.29, 1.82) is 0 Å². The molecule has 0 bridgehead atoms. The molecule has 0 unspecified atom stereocenters. The third-order valence-electron chi connectivity index (χ3n) is 4.91. The Morgan fingerprint density at radius 1 is 1.00 bits per heavy atom. The molecule has 0 radical (unpaired) electrons. The van der Waals surface area contributed by atoms with Gasteiger partial charge in [0.15, 0.2) is 5.78 Å². The second kappa shape index (κ2) is 7.25. The number of non-ortho nitro benzene ring substituents is 1. The third kappa shape index (κ3) is 3.60. The largest absolute Gasteiger partial charge is 0.368 e. The summed E-state index contributed by atoms with van der Waals surface area (Å²) in [6, 6.07) is 10.3. The van der Waals surface area contributed by atoms with Crippen molar-refractivity contribution in [2.24, 2.45) is 0 Å². The predicted octanol–water partition coefficient (Wildman–Crippen LogP) is 3.19. The first-order chi connectivity index (χ1) is 12.4. The Morgan fingerprint density at radius 3 is 2.31 bits per heavy atom. The number of nitro groups is 1. The fourth-order valence-electron chi connectivity index (χ4n) is 3.36. The van der Waals surface area contributed by atoms with Crippen LogP contribution in [-0.2, 0) is 0 Å². The molecule has 0 amide bonds. The van der Waals surface area contributed by atoms with Crippen LogP contribution in [0.4, 0.5) is 11.4 Å². The molecule has 1 aliphatic rings. The summed E-state index contributed by atoms with van der Waals surface area (Å²) in [5.41, 5.74) is 3.66. The van der Waals surface area contributed by atoms with Crippen LogP contribution in [0.15, 0.2) is 36.4 Å². The first-order valence-electron chi connectivity index (χ1n) is 8.70. The van der Waals surface area contributed by atoms with Crippen LogP contribution in [0.25, 0.3) is 0 Å². The average Bonchev–Trinajstić information content (AvgIpc) is 2.61. The zero-order valence-corrected chi connectivity index (χ0v) is 15.4. The van der Waals surface area contributed by atoms with Crippen molar-refractivity contribution in [3.05, 3.63) is 68.8 Å². The van der Waals surface area contributed by atoms with E-state index in [-0.39, 0.29) is 11.5 Å². The van der Waals surface area contributed by atoms with E-state index in [2.05, 4.69) is 16.8 Å². The van der Waals surface area contributed by atoms with Crippen molar-refractivity contribution in [3.63, 3.8) is 0 Å². The van der Waals surface area contributed by atoms with Gasteiger partial charge in [-0.05, 0) is 32.5 Å². The van der Waals surface area contributed by atoms with Gasteiger partial charge in [-0.25, -0.2) is 0 Å². The van der Waals surface area contributed by atoms with Crippen molar-refractivity contribution in [1.82, 2.24) is 4.90 Å². The van der Waals surface area contributed by atoms with Gasteiger partial charge in [0.2, 0.25) is 0 Å². The van der Waals surface area contributed by atoms with Gasteiger partial charge >= 0.3 is 0 Å². The van der Waals surface area contributed by atoms with Gasteiger partial charge in [-0.15, -0.1) is 0 Å². The number of carbonyl (C=O) groups excluding carboxylic acids is 1. The summed E-state index contributed by atoms with van der Waals surface area (Å²) in [4.78, 5) is 28.4. The van der Waals surface area contributed by atoms with E-state index >= 15 is 0 Å². The Bertz CT molecular complexity index is 855. The minimum Gasteiger partial charge on any atom is -0.368 e. The molecule has 26 heavy (non-hydrogen) atoms. The normalized spacial score (nSPS) is 15.1. The van der Waals surface area contributed by atoms with Gasteiger partial charge in [-0.3, -0.25) is 14.9 Å². The monoisotopic (exact) mass is 353 g/mol. The van der Waals surface area contributed by atoms with Crippen LogP contribution < -0.4 is 4.90 Å². The lowest BCUT2D eigenvalue weighted by atomic mass is 9.95. The van der Waals surface area contributed by atoms with Crippen molar-refractivity contribution in [3.8, 4) is 0 Å². The van der Waals surface area contributed by atoms with E-state index in [9.17, 15) is 14.9 Å². The second-order valence-corrected chi connectivity index (χ2v) is 6.90. The van der Waals surface area contributed by atoms with E-state index in [1.165, 1.54) is 12.1 Å². The van der Waals surface area contributed by atoms with Crippen LogP contribution in [0.1, 0.15) is 27.0 Å². The Labute approximate surface area is 153 Å². The SMILES string of the molecule is Cc1ccc(C(=O)c2cc([N+](=O)[O-])ccc2N2CCN(C)CC2)c(C)c1. The van der Waals surface area contributed by atoms with Gasteiger partial charge in [-0.1, -0.05) is 23.8 Å². The number of aryl methyl sites for hydroxylation is 2. The molecular formula is C20H23N3O3. The Morgan fingerprint density at radius 2 is 1.69 bits per heavy atom. The Hall–Kier alpha value is -2.73. The number of hydrogen-bond donors (Lipinski definition) is 0. The molecule has 2 aromatic rings. The first kappa shape index (κ1) is 18.1. The smallest absolute Gasteiger partial charge is 0.270 e. The van der Waals surface area contributed by atoms with Crippen molar-refractivity contribution >= 4 is 17.2 Å². The summed E-state index contributed by atoms with van der Waals surface area (Å²) < 4.78 is 0. The number of nitro benzene ring substituents is 1. The highest BCUT2D eigenvalue weighted by Crippen LogP contribution is 2.29. The number of carbonyl (C=O) groups is 1. The average molecular weight is 353 g/mol. The standard InChI is InChI=1S/C20H23N3O3/c1-14-4-6-17(15(2)12-14)20(24)18-13-16(23(25)26)5-7-19(18)22-10-8-21(3)9-11-22/h4-7,12-13H,8-11H2,1-3H3. The number of piperazine rings is 1. The molecule has 0 atom stereocenters. The lowest BCUT2D eigenvalue weighted by Crippen LogP contribution is -2.45. The molecule has 3 rings (SSSR count). The van der Waals surface area contributed by atoms with Crippen LogP contribution in [0.5, 0.6) is 0 Å². The van der Waals surface area contributed by atoms with E-state index in [1.807, 2.05) is 26.0 Å². The van der Waals surface area contributed by atoms with Crippen LogP contribution in [0.2, 0.25) is 0 Å². The Kier molecular flexibility index (Phi) is 5.04. The van der Waals surface area contributed by atoms with Gasteiger partial charge in [0.1, 0.15) is 0 Å². The quantitative estimate of drug-likeness (QED) is 0.480. The molecule has 2 aromatic carbocycles. The molecule has 0 spiro atoms. The molecule has 6 heteroatoms.